The van der Waals surface area contributed by atoms with Gasteiger partial charge in [0.1, 0.15) is 30.5 Å². The molecule has 162 valence electrons. The molecule has 0 unspecified atom stereocenters. The molecule has 0 aliphatic rings. The van der Waals surface area contributed by atoms with Gasteiger partial charge >= 0.3 is 5.97 Å². The second kappa shape index (κ2) is 9.86. The number of hydrogen-bond acceptors (Lipinski definition) is 6. The third kappa shape index (κ3) is 6.13. The van der Waals surface area contributed by atoms with E-state index in [1.165, 1.54) is 31.4 Å². The molecule has 2 N–H and O–H groups in total. The molecule has 0 aliphatic carbocycles. The summed E-state index contributed by atoms with van der Waals surface area (Å²) in [6.45, 7) is 0.524. The van der Waals surface area contributed by atoms with Gasteiger partial charge in [0.25, 0.3) is 10.0 Å². The van der Waals surface area contributed by atoms with Crippen molar-refractivity contribution in [2.24, 2.45) is 0 Å². The Morgan fingerprint density at radius 1 is 0.806 bits per heavy atom. The van der Waals surface area contributed by atoms with Crippen molar-refractivity contribution in [1.29, 1.82) is 0 Å². The summed E-state index contributed by atoms with van der Waals surface area (Å²) in [6, 6.07) is 18.7. The third-order valence-electron chi connectivity index (χ3n) is 4.20. The van der Waals surface area contributed by atoms with Gasteiger partial charge in [-0.3, -0.25) is 4.72 Å². The number of benzene rings is 3. The molecule has 0 aromatic heterocycles. The van der Waals surface area contributed by atoms with Crippen LogP contribution in [-0.4, -0.2) is 39.8 Å². The van der Waals surface area contributed by atoms with Gasteiger partial charge in [-0.2, -0.15) is 0 Å². The van der Waals surface area contributed by atoms with Gasteiger partial charge in [-0.1, -0.05) is 0 Å². The van der Waals surface area contributed by atoms with Crippen molar-refractivity contribution in [2.45, 2.75) is 4.90 Å². The number of carboxylic acid groups (broad SMARTS) is 1. The molecule has 9 heteroatoms. The first-order valence-electron chi connectivity index (χ1n) is 9.23. The number of nitrogens with one attached hydrogen (secondary N) is 1. The Balaban J connectivity index is 1.48. The monoisotopic (exact) mass is 443 g/mol. The molecule has 3 aromatic rings. The van der Waals surface area contributed by atoms with Crippen molar-refractivity contribution >= 4 is 21.7 Å². The van der Waals surface area contributed by atoms with Crippen molar-refractivity contribution in [1.82, 2.24) is 0 Å². The van der Waals surface area contributed by atoms with Crippen LogP contribution in [0.25, 0.3) is 0 Å². The average Bonchev–Trinajstić information content (AvgIpc) is 2.78. The zero-order chi connectivity index (χ0) is 22.3. The Bertz CT molecular complexity index is 1110. The van der Waals surface area contributed by atoms with E-state index in [4.69, 9.17) is 19.3 Å². The lowest BCUT2D eigenvalue weighted by atomic mass is 10.2. The molecule has 0 heterocycles. The van der Waals surface area contributed by atoms with Gasteiger partial charge in [0.2, 0.25) is 0 Å². The molecule has 0 spiro atoms. The zero-order valence-electron chi connectivity index (χ0n) is 16.6. The first kappa shape index (κ1) is 22.0. The van der Waals surface area contributed by atoms with Crippen LogP contribution in [0.1, 0.15) is 10.4 Å². The van der Waals surface area contributed by atoms with Gasteiger partial charge in [-0.05, 0) is 72.8 Å². The molecule has 0 bridgehead atoms. The van der Waals surface area contributed by atoms with E-state index in [0.717, 1.165) is 0 Å². The highest BCUT2D eigenvalue weighted by molar-refractivity contribution is 7.92. The Morgan fingerprint density at radius 2 is 1.29 bits per heavy atom. The molecule has 0 fully saturated rings. The maximum atomic E-state index is 12.5. The van der Waals surface area contributed by atoms with Gasteiger partial charge in [0.15, 0.2) is 0 Å². The van der Waals surface area contributed by atoms with Crippen LogP contribution in [0.2, 0.25) is 0 Å². The molecule has 0 radical (unpaired) electrons. The van der Waals surface area contributed by atoms with E-state index in [1.54, 1.807) is 48.5 Å². The summed E-state index contributed by atoms with van der Waals surface area (Å²) in [5.41, 5.74) is 0.587. The summed E-state index contributed by atoms with van der Waals surface area (Å²) >= 11 is 0. The second-order valence-electron chi connectivity index (χ2n) is 6.33. The number of sulfonamides is 1. The SMILES string of the molecule is COc1ccc(S(=O)(=O)Nc2ccc(OCCOc3ccc(C(=O)O)cc3)cc2)cc1. The second-order valence-corrected chi connectivity index (χ2v) is 8.01. The molecule has 8 nitrogen and oxygen atoms in total. The summed E-state index contributed by atoms with van der Waals surface area (Å²) in [5.74, 6) is 0.667. The van der Waals surface area contributed by atoms with E-state index in [2.05, 4.69) is 4.72 Å². The van der Waals surface area contributed by atoms with Gasteiger partial charge in [-0.25, -0.2) is 13.2 Å². The van der Waals surface area contributed by atoms with Crippen molar-refractivity contribution in [3.05, 3.63) is 78.4 Å². The fourth-order valence-electron chi connectivity index (χ4n) is 2.60. The maximum absolute atomic E-state index is 12.5. The lowest BCUT2D eigenvalue weighted by Gasteiger charge is -2.11. The Kier molecular flexibility index (Phi) is 6.99. The molecular formula is C22H21NO7S. The van der Waals surface area contributed by atoms with Crippen molar-refractivity contribution in [3.8, 4) is 17.2 Å². The summed E-state index contributed by atoms with van der Waals surface area (Å²) in [4.78, 5) is 10.9. The lowest BCUT2D eigenvalue weighted by molar-refractivity contribution is 0.0697. The normalized spacial score (nSPS) is 10.9. The largest absolute Gasteiger partial charge is 0.497 e. The van der Waals surface area contributed by atoms with Crippen LogP contribution < -0.4 is 18.9 Å². The van der Waals surface area contributed by atoms with Crippen molar-refractivity contribution < 1.29 is 32.5 Å². The van der Waals surface area contributed by atoms with Crippen LogP contribution in [0, 0.1) is 0 Å². The molecule has 0 aliphatic heterocycles. The number of carboxylic acids is 1. The summed E-state index contributed by atoms with van der Waals surface area (Å²) in [5, 5.41) is 8.87. The summed E-state index contributed by atoms with van der Waals surface area (Å²) in [7, 11) is -2.20. The predicted octanol–water partition coefficient (Wildman–Crippen LogP) is 3.65. The van der Waals surface area contributed by atoms with E-state index in [0.29, 0.717) is 22.9 Å². The molecule has 3 aromatic carbocycles. The van der Waals surface area contributed by atoms with Crippen molar-refractivity contribution in [3.63, 3.8) is 0 Å². The fraction of sp³-hybridized carbons (Fsp3) is 0.136. The van der Waals surface area contributed by atoms with E-state index in [1.807, 2.05) is 0 Å². The summed E-state index contributed by atoms with van der Waals surface area (Å²) < 4.78 is 43.5. The topological polar surface area (TPSA) is 111 Å². The first-order chi connectivity index (χ1) is 14.9. The molecule has 0 atom stereocenters. The zero-order valence-corrected chi connectivity index (χ0v) is 17.5. The van der Waals surface area contributed by atoms with Crippen LogP contribution >= 0.6 is 0 Å². The molecule has 0 saturated heterocycles. The number of aromatic carboxylic acids is 1. The van der Waals surface area contributed by atoms with Crippen LogP contribution in [-0.2, 0) is 10.0 Å². The summed E-state index contributed by atoms with van der Waals surface area (Å²) in [6.07, 6.45) is 0. The number of methoxy groups -OCH3 is 1. The highest BCUT2D eigenvalue weighted by Crippen LogP contribution is 2.21. The Labute approximate surface area is 180 Å². The lowest BCUT2D eigenvalue weighted by Crippen LogP contribution is -2.13. The standard InChI is InChI=1S/C22H21NO7S/c1-28-18-10-12-21(13-11-18)31(26,27)23-17-4-8-20(9-5-17)30-15-14-29-19-6-2-16(3-7-19)22(24)25/h2-13,23H,14-15H2,1H3,(H,24,25). The van der Waals surface area contributed by atoms with Gasteiger partial charge in [-0.15, -0.1) is 0 Å². The quantitative estimate of drug-likeness (QED) is 0.460. The van der Waals surface area contributed by atoms with Crippen molar-refractivity contribution in [2.75, 3.05) is 25.0 Å². The number of carbonyl (C=O) groups is 1. The van der Waals surface area contributed by atoms with Gasteiger partial charge < -0.3 is 19.3 Å². The molecule has 0 amide bonds. The highest BCUT2D eigenvalue weighted by atomic mass is 32.2. The van der Waals surface area contributed by atoms with Gasteiger partial charge in [0, 0.05) is 5.69 Å². The minimum Gasteiger partial charge on any atom is -0.497 e. The van der Waals surface area contributed by atoms with Crippen LogP contribution in [0.3, 0.4) is 0 Å². The average molecular weight is 443 g/mol. The highest BCUT2D eigenvalue weighted by Gasteiger charge is 2.14. The number of hydrogen-bond donors (Lipinski definition) is 2. The van der Waals surface area contributed by atoms with Crippen LogP contribution in [0.15, 0.2) is 77.7 Å². The minimum atomic E-state index is -3.71. The van der Waals surface area contributed by atoms with E-state index < -0.39 is 16.0 Å². The van der Waals surface area contributed by atoms with Crippen LogP contribution in [0.5, 0.6) is 17.2 Å². The molecular weight excluding hydrogens is 422 g/mol. The smallest absolute Gasteiger partial charge is 0.335 e. The number of rotatable bonds is 10. The Morgan fingerprint density at radius 3 is 1.77 bits per heavy atom. The predicted molar refractivity (Wildman–Crippen MR) is 115 cm³/mol. The number of anilines is 1. The van der Waals surface area contributed by atoms with E-state index >= 15 is 0 Å². The fourth-order valence-corrected chi connectivity index (χ4v) is 3.66. The van der Waals surface area contributed by atoms with Gasteiger partial charge in [0.05, 0.1) is 17.6 Å². The van der Waals surface area contributed by atoms with Crippen LogP contribution in [0.4, 0.5) is 5.69 Å². The minimum absolute atomic E-state index is 0.127. The molecule has 31 heavy (non-hydrogen) atoms. The Hall–Kier alpha value is -3.72. The maximum Gasteiger partial charge on any atom is 0.335 e. The van der Waals surface area contributed by atoms with E-state index in [-0.39, 0.29) is 23.7 Å². The number of ether oxygens (including phenoxy) is 3. The molecule has 3 rings (SSSR count). The third-order valence-corrected chi connectivity index (χ3v) is 5.60. The van der Waals surface area contributed by atoms with E-state index in [9.17, 15) is 13.2 Å². The molecule has 0 saturated carbocycles. The first-order valence-corrected chi connectivity index (χ1v) is 10.7.